The van der Waals surface area contributed by atoms with Crippen LogP contribution in [0.15, 0.2) is 35.6 Å². The van der Waals surface area contributed by atoms with Crippen LogP contribution in [0.2, 0.25) is 0 Å². The van der Waals surface area contributed by atoms with Crippen LogP contribution >= 0.6 is 0 Å². The maximum absolute atomic E-state index is 12.7. The Morgan fingerprint density at radius 1 is 1.29 bits per heavy atom. The van der Waals surface area contributed by atoms with Crippen LogP contribution in [0.25, 0.3) is 0 Å². The Morgan fingerprint density at radius 2 is 2.12 bits per heavy atom. The summed E-state index contributed by atoms with van der Waals surface area (Å²) in [4.78, 5) is 12.7. The normalized spacial score (nSPS) is 41.1. The van der Waals surface area contributed by atoms with Gasteiger partial charge in [0.1, 0.15) is 5.78 Å². The van der Waals surface area contributed by atoms with Crippen LogP contribution in [0.4, 0.5) is 0 Å². The Kier molecular flexibility index (Phi) is 3.97. The van der Waals surface area contributed by atoms with Crippen molar-refractivity contribution in [2.24, 2.45) is 29.1 Å². The topological polar surface area (TPSA) is 26.3 Å². The minimum Gasteiger partial charge on any atom is -0.498 e. The number of fused-ring (bicyclic) bond motifs is 5. The summed E-state index contributed by atoms with van der Waals surface area (Å²) < 4.78 is 5.76. The van der Waals surface area contributed by atoms with Crippen molar-refractivity contribution in [2.45, 2.75) is 58.8 Å². The monoisotopic (exact) mass is 326 g/mol. The second kappa shape index (κ2) is 5.89. The van der Waals surface area contributed by atoms with Gasteiger partial charge in [0.05, 0.1) is 12.4 Å². The number of carbonyl (C=O) groups excluding carboxylic acids is 1. The van der Waals surface area contributed by atoms with E-state index in [0.29, 0.717) is 29.5 Å². The molecule has 2 fully saturated rings. The lowest BCUT2D eigenvalue weighted by atomic mass is 9.51. The fourth-order valence-corrected chi connectivity index (χ4v) is 6.42. The zero-order valence-corrected chi connectivity index (χ0v) is 15.1. The average Bonchev–Trinajstić information content (AvgIpc) is 2.92. The fraction of sp³-hybridized carbons (Fsp3) is 0.682. The predicted molar refractivity (Wildman–Crippen MR) is 96.3 cm³/mol. The van der Waals surface area contributed by atoms with Gasteiger partial charge in [0, 0.05) is 18.3 Å². The third-order valence-electron chi connectivity index (χ3n) is 7.42. The molecule has 0 saturated heterocycles. The zero-order valence-electron chi connectivity index (χ0n) is 15.1. The third kappa shape index (κ3) is 2.18. The number of hydrogen-bond acceptors (Lipinski definition) is 2. The van der Waals surface area contributed by atoms with E-state index in [1.807, 2.05) is 0 Å². The molecule has 0 spiro atoms. The van der Waals surface area contributed by atoms with Crippen molar-refractivity contribution >= 4 is 5.78 Å². The predicted octanol–water partition coefficient (Wildman–Crippen LogP) is 5.21. The Balaban J connectivity index is 1.68. The molecule has 0 N–H and O–H groups in total. The Bertz CT molecular complexity index is 626. The lowest BCUT2D eigenvalue weighted by Crippen LogP contribution is -2.47. The molecule has 2 heteroatoms. The van der Waals surface area contributed by atoms with Crippen molar-refractivity contribution in [1.29, 1.82) is 0 Å². The minimum absolute atomic E-state index is 0.0788. The van der Waals surface area contributed by atoms with Gasteiger partial charge in [0.15, 0.2) is 0 Å². The molecule has 0 heterocycles. The van der Waals surface area contributed by atoms with Crippen molar-refractivity contribution < 1.29 is 9.53 Å². The van der Waals surface area contributed by atoms with Gasteiger partial charge in [-0.25, -0.2) is 0 Å². The maximum atomic E-state index is 12.7. The van der Waals surface area contributed by atoms with E-state index < -0.39 is 0 Å². The number of hydrogen-bond donors (Lipinski definition) is 0. The zero-order chi connectivity index (χ0) is 16.9. The number of allylic oxidation sites excluding steroid dienone is 5. The number of ether oxygens (including phenoxy) is 1. The first-order valence-electron chi connectivity index (χ1n) is 9.85. The van der Waals surface area contributed by atoms with E-state index in [9.17, 15) is 4.79 Å². The third-order valence-corrected chi connectivity index (χ3v) is 7.42. The maximum Gasteiger partial charge on any atom is 0.139 e. The van der Waals surface area contributed by atoms with Crippen molar-refractivity contribution in [3.8, 4) is 0 Å². The lowest BCUT2D eigenvalue weighted by molar-refractivity contribution is -0.130. The number of carbonyl (C=O) groups is 1. The SMILES string of the molecule is C=C1C[C@]2(CC)C(=O)CCC2C2CC=C3C=C(OCC)CCC3C12. The Labute approximate surface area is 146 Å². The van der Waals surface area contributed by atoms with E-state index in [1.54, 1.807) is 0 Å². The van der Waals surface area contributed by atoms with Crippen LogP contribution in [-0.2, 0) is 9.53 Å². The van der Waals surface area contributed by atoms with Crippen molar-refractivity contribution in [1.82, 2.24) is 0 Å². The standard InChI is InChI=1S/C22H30O2/c1-4-22-13-14(3)21-17-9-7-16(24-5-2)12-15(17)6-8-18(21)19(22)10-11-20(22)23/h6,12,17-19,21H,3-5,7-11,13H2,1-2H3/t17?,18?,19?,21?,22-/m0/s1. The van der Waals surface area contributed by atoms with Gasteiger partial charge in [-0.15, -0.1) is 0 Å². The number of Topliss-reactive ketones (excluding diaryl/α,β-unsaturated/α-hetero) is 1. The highest BCUT2D eigenvalue weighted by molar-refractivity contribution is 5.88. The van der Waals surface area contributed by atoms with Crippen LogP contribution < -0.4 is 0 Å². The molecule has 0 aromatic rings. The first-order valence-corrected chi connectivity index (χ1v) is 9.85. The van der Waals surface area contributed by atoms with Crippen LogP contribution in [0.3, 0.4) is 0 Å². The minimum atomic E-state index is -0.0788. The van der Waals surface area contributed by atoms with E-state index in [0.717, 1.165) is 50.9 Å². The molecule has 0 bridgehead atoms. The largest absolute Gasteiger partial charge is 0.498 e. The summed E-state index contributed by atoms with van der Waals surface area (Å²) >= 11 is 0. The second-order valence-corrected chi connectivity index (χ2v) is 8.23. The smallest absolute Gasteiger partial charge is 0.139 e. The molecule has 4 unspecified atom stereocenters. The summed E-state index contributed by atoms with van der Waals surface area (Å²) in [6.07, 6.45) is 11.9. The van der Waals surface area contributed by atoms with Crippen molar-refractivity contribution in [2.75, 3.05) is 6.61 Å². The molecular formula is C22H30O2. The fourth-order valence-electron chi connectivity index (χ4n) is 6.42. The highest BCUT2D eigenvalue weighted by Crippen LogP contribution is 2.62. The van der Waals surface area contributed by atoms with Gasteiger partial charge < -0.3 is 4.74 Å². The van der Waals surface area contributed by atoms with E-state index in [4.69, 9.17) is 4.74 Å². The Morgan fingerprint density at radius 3 is 2.88 bits per heavy atom. The molecule has 2 nitrogen and oxygen atoms in total. The van der Waals surface area contributed by atoms with Crippen LogP contribution in [0.1, 0.15) is 58.8 Å². The molecule has 0 aromatic carbocycles. The van der Waals surface area contributed by atoms with E-state index in [2.05, 4.69) is 32.6 Å². The summed E-state index contributed by atoms with van der Waals surface area (Å²) in [5.74, 6) is 4.07. The summed E-state index contributed by atoms with van der Waals surface area (Å²) in [5.41, 5.74) is 2.75. The first kappa shape index (κ1) is 16.2. The summed E-state index contributed by atoms with van der Waals surface area (Å²) in [7, 11) is 0. The highest BCUT2D eigenvalue weighted by atomic mass is 16.5. The van der Waals surface area contributed by atoms with Gasteiger partial charge >= 0.3 is 0 Å². The molecular weight excluding hydrogens is 296 g/mol. The molecule has 0 aromatic heterocycles. The van der Waals surface area contributed by atoms with Gasteiger partial charge in [0.25, 0.3) is 0 Å². The van der Waals surface area contributed by atoms with Crippen molar-refractivity contribution in [3.05, 3.63) is 35.6 Å². The van der Waals surface area contributed by atoms with Crippen LogP contribution in [0, 0.1) is 29.1 Å². The molecule has 4 aliphatic carbocycles. The summed E-state index contributed by atoms with van der Waals surface area (Å²) in [6, 6.07) is 0. The van der Waals surface area contributed by atoms with E-state index >= 15 is 0 Å². The van der Waals surface area contributed by atoms with Gasteiger partial charge in [-0.3, -0.25) is 4.79 Å². The van der Waals surface area contributed by atoms with Crippen LogP contribution in [0.5, 0.6) is 0 Å². The molecule has 0 radical (unpaired) electrons. The Hall–Kier alpha value is -1.31. The van der Waals surface area contributed by atoms with Crippen molar-refractivity contribution in [3.63, 3.8) is 0 Å². The number of ketones is 1. The van der Waals surface area contributed by atoms with E-state index in [-0.39, 0.29) is 5.41 Å². The summed E-state index contributed by atoms with van der Waals surface area (Å²) in [6.45, 7) is 9.53. The first-order chi connectivity index (χ1) is 11.6. The molecule has 130 valence electrons. The molecule has 0 amide bonds. The van der Waals surface area contributed by atoms with Gasteiger partial charge in [-0.05, 0) is 74.3 Å². The van der Waals surface area contributed by atoms with Gasteiger partial charge in [0.2, 0.25) is 0 Å². The molecule has 4 aliphatic rings. The quantitative estimate of drug-likeness (QED) is 0.665. The number of rotatable bonds is 3. The lowest BCUT2D eigenvalue weighted by Gasteiger charge is -2.52. The molecule has 5 atom stereocenters. The molecule has 0 aliphatic heterocycles. The van der Waals surface area contributed by atoms with Gasteiger partial charge in [-0.2, -0.15) is 0 Å². The summed E-state index contributed by atoms with van der Waals surface area (Å²) in [5, 5.41) is 0. The van der Waals surface area contributed by atoms with Gasteiger partial charge in [-0.1, -0.05) is 25.2 Å². The molecule has 2 saturated carbocycles. The average molecular weight is 326 g/mol. The molecule has 24 heavy (non-hydrogen) atoms. The second-order valence-electron chi connectivity index (χ2n) is 8.23. The highest BCUT2D eigenvalue weighted by Gasteiger charge is 2.58. The van der Waals surface area contributed by atoms with Crippen LogP contribution in [-0.4, -0.2) is 12.4 Å². The molecule has 4 rings (SSSR count). The van der Waals surface area contributed by atoms with E-state index in [1.165, 1.54) is 17.6 Å².